The Kier molecular flexibility index (Phi) is 4.87. The maximum atomic E-state index is 12.5. The lowest BCUT2D eigenvalue weighted by Gasteiger charge is -2.10. The van der Waals surface area contributed by atoms with E-state index in [-0.39, 0.29) is 18.0 Å². The predicted octanol–water partition coefficient (Wildman–Crippen LogP) is 2.53. The van der Waals surface area contributed by atoms with Gasteiger partial charge in [-0.05, 0) is 37.1 Å². The van der Waals surface area contributed by atoms with Crippen LogP contribution in [-0.4, -0.2) is 31.2 Å². The summed E-state index contributed by atoms with van der Waals surface area (Å²) in [5, 5.41) is 2.66. The van der Waals surface area contributed by atoms with Gasteiger partial charge in [-0.2, -0.15) is 0 Å². The van der Waals surface area contributed by atoms with Crippen LogP contribution in [0.4, 0.5) is 0 Å². The van der Waals surface area contributed by atoms with Crippen molar-refractivity contribution in [3.8, 4) is 5.75 Å². The lowest BCUT2D eigenvalue weighted by molar-refractivity contribution is 0.0942. The topological polar surface area (TPSA) is 104 Å². The van der Waals surface area contributed by atoms with Crippen molar-refractivity contribution in [1.29, 1.82) is 0 Å². The lowest BCUT2D eigenvalue weighted by Crippen LogP contribution is -2.29. The van der Waals surface area contributed by atoms with E-state index < -0.39 is 11.5 Å². The second-order valence-electron chi connectivity index (χ2n) is 6.68. The summed E-state index contributed by atoms with van der Waals surface area (Å²) < 4.78 is 21.5. The second-order valence-corrected chi connectivity index (χ2v) is 6.68. The number of amides is 1. The molecule has 0 bridgehead atoms. The molecule has 1 atom stereocenters. The van der Waals surface area contributed by atoms with Gasteiger partial charge in [-0.15, -0.1) is 0 Å². The molecule has 2 aromatic heterocycles. The van der Waals surface area contributed by atoms with Crippen molar-refractivity contribution in [2.75, 3.05) is 20.3 Å². The molecule has 146 valence electrons. The Morgan fingerprint density at radius 3 is 2.89 bits per heavy atom. The van der Waals surface area contributed by atoms with Crippen LogP contribution in [-0.2, 0) is 11.3 Å². The van der Waals surface area contributed by atoms with Crippen LogP contribution in [0, 0.1) is 6.92 Å². The molecule has 1 N–H and O–H groups in total. The first-order valence-electron chi connectivity index (χ1n) is 8.99. The Morgan fingerprint density at radius 1 is 1.32 bits per heavy atom. The molecule has 0 spiro atoms. The third-order valence-corrected chi connectivity index (χ3v) is 4.77. The van der Waals surface area contributed by atoms with Gasteiger partial charge < -0.3 is 23.6 Å². The van der Waals surface area contributed by atoms with E-state index in [4.69, 9.17) is 18.3 Å². The van der Waals surface area contributed by atoms with Crippen molar-refractivity contribution in [1.82, 2.24) is 10.3 Å². The van der Waals surface area contributed by atoms with E-state index in [9.17, 15) is 9.59 Å². The van der Waals surface area contributed by atoms with Gasteiger partial charge >= 0.3 is 5.63 Å². The molecule has 3 aromatic rings. The zero-order valence-electron chi connectivity index (χ0n) is 15.6. The molecule has 1 aromatic carbocycles. The highest BCUT2D eigenvalue weighted by Gasteiger charge is 2.24. The van der Waals surface area contributed by atoms with Gasteiger partial charge in [0.15, 0.2) is 5.58 Å². The van der Waals surface area contributed by atoms with E-state index in [1.807, 2.05) is 0 Å². The van der Waals surface area contributed by atoms with Crippen LogP contribution in [0.3, 0.4) is 0 Å². The quantitative estimate of drug-likeness (QED) is 0.721. The van der Waals surface area contributed by atoms with Crippen molar-refractivity contribution in [2.24, 2.45) is 0 Å². The van der Waals surface area contributed by atoms with Crippen LogP contribution >= 0.6 is 0 Å². The molecule has 1 aliphatic rings. The Balaban J connectivity index is 1.50. The summed E-state index contributed by atoms with van der Waals surface area (Å²) in [5.74, 6) is 1.08. The highest BCUT2D eigenvalue weighted by atomic mass is 16.5. The predicted molar refractivity (Wildman–Crippen MR) is 99.6 cm³/mol. The first-order valence-corrected chi connectivity index (χ1v) is 8.99. The molecule has 1 aliphatic heterocycles. The third-order valence-electron chi connectivity index (χ3n) is 4.77. The molecule has 1 amide bonds. The summed E-state index contributed by atoms with van der Waals surface area (Å²) >= 11 is 0. The summed E-state index contributed by atoms with van der Waals surface area (Å²) in [7, 11) is 1.57. The minimum atomic E-state index is -0.651. The molecule has 0 saturated carbocycles. The van der Waals surface area contributed by atoms with Gasteiger partial charge in [-0.3, -0.25) is 4.79 Å². The van der Waals surface area contributed by atoms with E-state index in [0.717, 1.165) is 6.42 Å². The summed E-state index contributed by atoms with van der Waals surface area (Å²) in [6.07, 6.45) is 0.802. The normalized spacial score (nSPS) is 16.4. The molecule has 0 aliphatic carbocycles. The smallest absolute Gasteiger partial charge is 0.349 e. The van der Waals surface area contributed by atoms with Gasteiger partial charge in [-0.1, -0.05) is 0 Å². The molecule has 1 fully saturated rings. The second kappa shape index (κ2) is 7.47. The summed E-state index contributed by atoms with van der Waals surface area (Å²) in [6, 6.07) is 6.99. The number of benzene rings is 1. The molecule has 0 radical (unpaired) electrons. The highest BCUT2D eigenvalue weighted by molar-refractivity contribution is 5.95. The van der Waals surface area contributed by atoms with Gasteiger partial charge in [-0.25, -0.2) is 9.78 Å². The van der Waals surface area contributed by atoms with E-state index >= 15 is 0 Å². The molecule has 8 nitrogen and oxygen atoms in total. The number of fused-ring (bicyclic) bond motifs is 1. The average Bonchev–Trinajstić information content (AvgIpc) is 3.34. The molecular weight excluding hydrogens is 364 g/mol. The molecule has 28 heavy (non-hydrogen) atoms. The highest BCUT2D eigenvalue weighted by Crippen LogP contribution is 2.25. The van der Waals surface area contributed by atoms with E-state index in [1.165, 1.54) is 0 Å². The molecule has 1 unspecified atom stereocenters. The molecule has 1 saturated heterocycles. The van der Waals surface area contributed by atoms with E-state index in [2.05, 4.69) is 10.3 Å². The molecule has 3 heterocycles. The standard InChI is InChI=1S/C20H20N2O6/c1-11-7-16(12-5-6-26-10-12)28-20(24)18(11)19(23)21-9-17-22-14-8-13(25-2)3-4-15(14)27-17/h3-4,7-8,12H,5-6,9-10H2,1-2H3,(H,21,23). The number of rotatable bonds is 5. The number of hydrogen-bond acceptors (Lipinski definition) is 7. The van der Waals surface area contributed by atoms with Gasteiger partial charge in [0.05, 0.1) is 20.3 Å². The van der Waals surface area contributed by atoms with Crippen LogP contribution in [0.2, 0.25) is 0 Å². The SMILES string of the molecule is COc1ccc2oc(CNC(=O)c3c(C)cc(C4CCOC4)oc3=O)nc2c1. The van der Waals surface area contributed by atoms with Crippen molar-refractivity contribution >= 4 is 17.0 Å². The maximum absolute atomic E-state index is 12.5. The summed E-state index contributed by atoms with van der Waals surface area (Å²) in [4.78, 5) is 29.2. The minimum absolute atomic E-state index is 0.0135. The minimum Gasteiger partial charge on any atom is -0.497 e. The van der Waals surface area contributed by atoms with Crippen LogP contribution in [0.1, 0.15) is 39.9 Å². The van der Waals surface area contributed by atoms with Gasteiger partial charge in [0.2, 0.25) is 5.89 Å². The van der Waals surface area contributed by atoms with E-state index in [1.54, 1.807) is 38.3 Å². The van der Waals surface area contributed by atoms with Crippen LogP contribution in [0.15, 0.2) is 37.9 Å². The third kappa shape index (κ3) is 3.50. The number of aryl methyl sites for hydroxylation is 1. The number of ether oxygens (including phenoxy) is 2. The largest absolute Gasteiger partial charge is 0.497 e. The number of carbonyl (C=O) groups excluding carboxylic acids is 1. The Morgan fingerprint density at radius 2 is 2.18 bits per heavy atom. The summed E-state index contributed by atoms with van der Waals surface area (Å²) in [5.41, 5.74) is 1.12. The van der Waals surface area contributed by atoms with Crippen molar-refractivity contribution in [3.63, 3.8) is 0 Å². The summed E-state index contributed by atoms with van der Waals surface area (Å²) in [6.45, 7) is 2.94. The average molecular weight is 384 g/mol. The van der Waals surface area contributed by atoms with Gasteiger partial charge in [0.25, 0.3) is 5.91 Å². The number of carbonyl (C=O) groups is 1. The number of methoxy groups -OCH3 is 1. The number of hydrogen-bond donors (Lipinski definition) is 1. The fourth-order valence-electron chi connectivity index (χ4n) is 3.27. The first kappa shape index (κ1) is 18.2. The lowest BCUT2D eigenvalue weighted by atomic mass is 10.0. The van der Waals surface area contributed by atoms with Crippen LogP contribution in [0.25, 0.3) is 11.1 Å². The van der Waals surface area contributed by atoms with Gasteiger partial charge in [0, 0.05) is 18.6 Å². The van der Waals surface area contributed by atoms with E-state index in [0.29, 0.717) is 47.3 Å². The Labute approximate surface area is 160 Å². The fraction of sp³-hybridized carbons (Fsp3) is 0.350. The number of nitrogens with one attached hydrogen (secondary N) is 1. The van der Waals surface area contributed by atoms with Crippen molar-refractivity contribution < 1.29 is 23.1 Å². The Bertz CT molecular complexity index is 1080. The number of nitrogens with zero attached hydrogens (tertiary/aromatic N) is 1. The number of aromatic nitrogens is 1. The fourth-order valence-corrected chi connectivity index (χ4v) is 3.27. The van der Waals surface area contributed by atoms with Gasteiger partial charge in [0.1, 0.15) is 22.6 Å². The molecule has 8 heteroatoms. The zero-order valence-corrected chi connectivity index (χ0v) is 15.6. The molecular formula is C20H20N2O6. The van der Waals surface area contributed by atoms with Crippen molar-refractivity contribution in [2.45, 2.75) is 25.8 Å². The van der Waals surface area contributed by atoms with Crippen LogP contribution < -0.4 is 15.7 Å². The van der Waals surface area contributed by atoms with Crippen molar-refractivity contribution in [3.05, 3.63) is 57.5 Å². The maximum Gasteiger partial charge on any atom is 0.349 e. The monoisotopic (exact) mass is 384 g/mol. The van der Waals surface area contributed by atoms with Crippen LogP contribution in [0.5, 0.6) is 5.75 Å². The first-order chi connectivity index (χ1) is 13.5. The molecule has 4 rings (SSSR count). The Hall–Kier alpha value is -3.13. The number of oxazole rings is 1. The zero-order chi connectivity index (χ0) is 19.7.